The van der Waals surface area contributed by atoms with Gasteiger partial charge in [0.05, 0.1) is 0 Å². The third-order valence-corrected chi connectivity index (χ3v) is 3.47. The molecule has 3 heteroatoms. The highest BCUT2D eigenvalue weighted by atomic mass is 19.1. The van der Waals surface area contributed by atoms with Crippen LogP contribution in [-0.2, 0) is 6.61 Å². The van der Waals surface area contributed by atoms with Crippen molar-refractivity contribution in [2.75, 3.05) is 0 Å². The lowest BCUT2D eigenvalue weighted by Gasteiger charge is -2.07. The van der Waals surface area contributed by atoms with Crippen LogP contribution in [0.15, 0.2) is 78.9 Å². The molecule has 114 valence electrons. The van der Waals surface area contributed by atoms with Gasteiger partial charge >= 0.3 is 0 Å². The fourth-order valence-corrected chi connectivity index (χ4v) is 2.21. The van der Waals surface area contributed by atoms with Crippen LogP contribution in [0, 0.1) is 5.82 Å². The molecule has 0 aliphatic heterocycles. The molecule has 2 nitrogen and oxygen atoms in total. The van der Waals surface area contributed by atoms with Crippen molar-refractivity contribution < 1.29 is 13.9 Å². The van der Waals surface area contributed by atoms with Crippen molar-refractivity contribution in [2.24, 2.45) is 0 Å². The van der Waals surface area contributed by atoms with Crippen molar-refractivity contribution in [3.63, 3.8) is 0 Å². The van der Waals surface area contributed by atoms with Crippen LogP contribution in [0.2, 0.25) is 0 Å². The summed E-state index contributed by atoms with van der Waals surface area (Å²) in [5, 5.41) is 0. The van der Waals surface area contributed by atoms with Gasteiger partial charge in [0, 0.05) is 11.1 Å². The minimum atomic E-state index is -0.355. The lowest BCUT2D eigenvalue weighted by Crippen LogP contribution is -2.01. The van der Waals surface area contributed by atoms with Crippen LogP contribution in [0.3, 0.4) is 0 Å². The van der Waals surface area contributed by atoms with E-state index in [1.807, 2.05) is 30.3 Å². The topological polar surface area (TPSA) is 26.3 Å². The lowest BCUT2D eigenvalue weighted by molar-refractivity contribution is 0.103. The molecule has 0 spiro atoms. The van der Waals surface area contributed by atoms with E-state index in [0.717, 1.165) is 5.56 Å². The zero-order valence-corrected chi connectivity index (χ0v) is 12.4. The van der Waals surface area contributed by atoms with Gasteiger partial charge in [0.2, 0.25) is 0 Å². The first-order valence-electron chi connectivity index (χ1n) is 7.29. The molecule has 0 fully saturated rings. The number of hydrogen-bond acceptors (Lipinski definition) is 2. The quantitative estimate of drug-likeness (QED) is 0.642. The van der Waals surface area contributed by atoms with E-state index in [1.54, 1.807) is 24.3 Å². The zero-order chi connectivity index (χ0) is 16.1. The van der Waals surface area contributed by atoms with Crippen LogP contribution in [0.5, 0.6) is 5.75 Å². The number of carbonyl (C=O) groups is 1. The number of carbonyl (C=O) groups excluding carboxylic acids is 1. The molecule has 3 aromatic carbocycles. The van der Waals surface area contributed by atoms with Crippen LogP contribution in [-0.4, -0.2) is 5.78 Å². The molecule has 0 aliphatic rings. The van der Waals surface area contributed by atoms with Crippen molar-refractivity contribution in [1.82, 2.24) is 0 Å². The third-order valence-electron chi connectivity index (χ3n) is 3.47. The second-order valence-corrected chi connectivity index (χ2v) is 5.13. The number of ketones is 1. The number of halogens is 1. The SMILES string of the molecule is O=C(c1ccc(F)cc1)c1ccc(OCc2ccccc2)cc1. The first kappa shape index (κ1) is 15.0. The molecule has 0 saturated carbocycles. The van der Waals surface area contributed by atoms with Crippen molar-refractivity contribution in [1.29, 1.82) is 0 Å². The summed E-state index contributed by atoms with van der Waals surface area (Å²) in [5.74, 6) is 0.204. The van der Waals surface area contributed by atoms with Gasteiger partial charge < -0.3 is 4.74 Å². The van der Waals surface area contributed by atoms with Crippen molar-refractivity contribution >= 4 is 5.78 Å². The van der Waals surface area contributed by atoms with Gasteiger partial charge in [-0.05, 0) is 54.1 Å². The molecule has 0 radical (unpaired) electrons. The van der Waals surface area contributed by atoms with E-state index in [9.17, 15) is 9.18 Å². The Morgan fingerprint density at radius 3 is 1.96 bits per heavy atom. The molecule has 0 N–H and O–H groups in total. The third kappa shape index (κ3) is 3.83. The highest BCUT2D eigenvalue weighted by Crippen LogP contribution is 2.17. The van der Waals surface area contributed by atoms with Crippen LogP contribution in [0.25, 0.3) is 0 Å². The van der Waals surface area contributed by atoms with E-state index < -0.39 is 0 Å². The maximum atomic E-state index is 12.9. The molecule has 0 aliphatic carbocycles. The van der Waals surface area contributed by atoms with Crippen LogP contribution < -0.4 is 4.74 Å². The first-order valence-corrected chi connectivity index (χ1v) is 7.29. The molecule has 0 heterocycles. The van der Waals surface area contributed by atoms with E-state index >= 15 is 0 Å². The summed E-state index contributed by atoms with van der Waals surface area (Å²) < 4.78 is 18.6. The van der Waals surface area contributed by atoms with Crippen molar-refractivity contribution in [3.8, 4) is 5.75 Å². The summed E-state index contributed by atoms with van der Waals surface area (Å²) in [6, 6.07) is 22.4. The fraction of sp³-hybridized carbons (Fsp3) is 0.0500. The number of ether oxygens (including phenoxy) is 1. The Kier molecular flexibility index (Phi) is 4.48. The highest BCUT2D eigenvalue weighted by Gasteiger charge is 2.09. The van der Waals surface area contributed by atoms with E-state index in [1.165, 1.54) is 24.3 Å². The maximum Gasteiger partial charge on any atom is 0.193 e. The largest absolute Gasteiger partial charge is 0.489 e. The first-order chi connectivity index (χ1) is 11.2. The Balaban J connectivity index is 1.67. The summed E-state index contributed by atoms with van der Waals surface area (Å²) in [6.07, 6.45) is 0. The van der Waals surface area contributed by atoms with Crippen LogP contribution >= 0.6 is 0 Å². The van der Waals surface area contributed by atoms with Gasteiger partial charge in [-0.3, -0.25) is 4.79 Å². The summed E-state index contributed by atoms with van der Waals surface area (Å²) >= 11 is 0. The summed E-state index contributed by atoms with van der Waals surface area (Å²) in [5.41, 5.74) is 2.09. The monoisotopic (exact) mass is 306 g/mol. The molecule has 23 heavy (non-hydrogen) atoms. The Labute approximate surface area is 134 Å². The van der Waals surface area contributed by atoms with Crippen LogP contribution in [0.4, 0.5) is 4.39 Å². The van der Waals surface area contributed by atoms with Gasteiger partial charge in [0.1, 0.15) is 18.2 Å². The summed E-state index contributed by atoms with van der Waals surface area (Å²) in [7, 11) is 0. The number of hydrogen-bond donors (Lipinski definition) is 0. The second kappa shape index (κ2) is 6.88. The smallest absolute Gasteiger partial charge is 0.193 e. The molecule has 0 amide bonds. The molecular formula is C20H15FO2. The average Bonchev–Trinajstić information content (AvgIpc) is 2.61. The number of benzene rings is 3. The predicted octanol–water partition coefficient (Wildman–Crippen LogP) is 4.64. The highest BCUT2D eigenvalue weighted by molar-refractivity contribution is 6.08. The van der Waals surface area contributed by atoms with E-state index in [0.29, 0.717) is 23.5 Å². The average molecular weight is 306 g/mol. The zero-order valence-electron chi connectivity index (χ0n) is 12.4. The molecule has 0 aromatic heterocycles. The molecule has 0 unspecified atom stereocenters. The number of rotatable bonds is 5. The molecule has 3 aromatic rings. The van der Waals surface area contributed by atoms with E-state index in [2.05, 4.69) is 0 Å². The van der Waals surface area contributed by atoms with Gasteiger partial charge in [-0.15, -0.1) is 0 Å². The van der Waals surface area contributed by atoms with Gasteiger partial charge in [-0.25, -0.2) is 4.39 Å². The lowest BCUT2D eigenvalue weighted by atomic mass is 10.0. The standard InChI is InChI=1S/C20H15FO2/c21-18-10-6-16(7-11-18)20(22)17-8-12-19(13-9-17)23-14-15-4-2-1-3-5-15/h1-13H,14H2. The maximum absolute atomic E-state index is 12.9. The fourth-order valence-electron chi connectivity index (χ4n) is 2.21. The van der Waals surface area contributed by atoms with E-state index in [-0.39, 0.29) is 11.6 Å². The van der Waals surface area contributed by atoms with Crippen LogP contribution in [0.1, 0.15) is 21.5 Å². The Morgan fingerprint density at radius 2 is 1.35 bits per heavy atom. The Morgan fingerprint density at radius 1 is 0.783 bits per heavy atom. The molecule has 0 atom stereocenters. The summed E-state index contributed by atoms with van der Waals surface area (Å²) in [6.45, 7) is 0.478. The summed E-state index contributed by atoms with van der Waals surface area (Å²) in [4.78, 5) is 12.3. The minimum Gasteiger partial charge on any atom is -0.489 e. The second-order valence-electron chi connectivity index (χ2n) is 5.13. The van der Waals surface area contributed by atoms with Gasteiger partial charge in [0.15, 0.2) is 5.78 Å². The van der Waals surface area contributed by atoms with Gasteiger partial charge in [0.25, 0.3) is 0 Å². The molecule has 0 bridgehead atoms. The van der Waals surface area contributed by atoms with E-state index in [4.69, 9.17) is 4.74 Å². The van der Waals surface area contributed by atoms with Gasteiger partial charge in [-0.2, -0.15) is 0 Å². The predicted molar refractivity (Wildman–Crippen MR) is 87.0 cm³/mol. The van der Waals surface area contributed by atoms with Crippen molar-refractivity contribution in [2.45, 2.75) is 6.61 Å². The normalized spacial score (nSPS) is 10.3. The van der Waals surface area contributed by atoms with Gasteiger partial charge in [-0.1, -0.05) is 30.3 Å². The molecular weight excluding hydrogens is 291 g/mol. The van der Waals surface area contributed by atoms with Crippen molar-refractivity contribution in [3.05, 3.63) is 101 Å². The Hall–Kier alpha value is -2.94. The minimum absolute atomic E-state index is 0.139. The molecule has 0 saturated heterocycles. The Bertz CT molecular complexity index is 778. The molecule has 3 rings (SSSR count).